The highest BCUT2D eigenvalue weighted by Gasteiger charge is 2.26. The van der Waals surface area contributed by atoms with Crippen molar-refractivity contribution >= 4 is 15.9 Å². The lowest BCUT2D eigenvalue weighted by molar-refractivity contribution is 0.0789. The average molecular weight is 433 g/mol. The summed E-state index contributed by atoms with van der Waals surface area (Å²) in [6.07, 6.45) is 2.47. The molecule has 1 aliphatic heterocycles. The Morgan fingerprint density at radius 2 is 1.73 bits per heavy atom. The van der Waals surface area contributed by atoms with E-state index in [1.807, 2.05) is 19.1 Å². The number of nitrogens with zero attached hydrogens (tertiary/aromatic N) is 1. The first-order chi connectivity index (χ1) is 14.4. The molecule has 8 heteroatoms. The third-order valence-corrected chi connectivity index (χ3v) is 6.80. The largest absolute Gasteiger partial charge is 0.497 e. The summed E-state index contributed by atoms with van der Waals surface area (Å²) in [4.78, 5) is 14.7. The third-order valence-electron chi connectivity index (χ3n) is 5.33. The second-order valence-electron chi connectivity index (χ2n) is 7.22. The number of hydrogen-bond donors (Lipinski definition) is 1. The van der Waals surface area contributed by atoms with Crippen LogP contribution in [0.4, 0.5) is 0 Å². The highest BCUT2D eigenvalue weighted by molar-refractivity contribution is 7.89. The lowest BCUT2D eigenvalue weighted by Gasteiger charge is -2.20. The van der Waals surface area contributed by atoms with Crippen LogP contribution in [0.5, 0.6) is 11.5 Å². The number of likely N-dealkylation sites (tertiary alicyclic amines) is 1. The minimum absolute atomic E-state index is 0.0396. The number of hydrogen-bond acceptors (Lipinski definition) is 5. The third kappa shape index (κ3) is 4.76. The molecule has 1 saturated heterocycles. The van der Waals surface area contributed by atoms with E-state index in [2.05, 4.69) is 4.72 Å². The van der Waals surface area contributed by atoms with Gasteiger partial charge in [0, 0.05) is 19.1 Å². The standard InChI is InChI=1S/C22H28N2O5S/c1-4-20(16-7-9-17(28-2)10-8-16)23-30(26,27)18-11-12-21(29-3)19(15-18)22(25)24-13-5-6-14-24/h7-12,15,20,23H,4-6,13-14H2,1-3H3. The zero-order chi connectivity index (χ0) is 21.7. The van der Waals surface area contributed by atoms with Gasteiger partial charge in [-0.05, 0) is 55.2 Å². The van der Waals surface area contributed by atoms with Crippen molar-refractivity contribution in [3.8, 4) is 11.5 Å². The maximum atomic E-state index is 13.1. The van der Waals surface area contributed by atoms with Gasteiger partial charge in [0.05, 0.1) is 24.7 Å². The number of nitrogens with one attached hydrogen (secondary N) is 1. The Kier molecular flexibility index (Phi) is 6.99. The first-order valence-corrected chi connectivity index (χ1v) is 11.5. The van der Waals surface area contributed by atoms with Gasteiger partial charge in [-0.3, -0.25) is 4.79 Å². The van der Waals surface area contributed by atoms with Crippen molar-refractivity contribution in [3.05, 3.63) is 53.6 Å². The zero-order valence-corrected chi connectivity index (χ0v) is 18.4. The number of carbonyl (C=O) groups excluding carboxylic acids is 1. The highest BCUT2D eigenvalue weighted by atomic mass is 32.2. The quantitative estimate of drug-likeness (QED) is 0.691. The van der Waals surface area contributed by atoms with Crippen LogP contribution in [-0.4, -0.2) is 46.5 Å². The molecule has 1 aliphatic rings. The van der Waals surface area contributed by atoms with E-state index >= 15 is 0 Å². The molecular formula is C22H28N2O5S. The van der Waals surface area contributed by atoms with Gasteiger partial charge in [0.15, 0.2) is 0 Å². The van der Waals surface area contributed by atoms with Gasteiger partial charge in [-0.1, -0.05) is 19.1 Å². The molecule has 0 aliphatic carbocycles. The molecule has 2 aromatic rings. The Hall–Kier alpha value is -2.58. The number of benzene rings is 2. The summed E-state index contributed by atoms with van der Waals surface area (Å²) < 4.78 is 39.4. The second kappa shape index (κ2) is 9.49. The molecule has 7 nitrogen and oxygen atoms in total. The molecule has 1 heterocycles. The zero-order valence-electron chi connectivity index (χ0n) is 17.6. The van der Waals surface area contributed by atoms with Crippen molar-refractivity contribution in [1.29, 1.82) is 0 Å². The maximum absolute atomic E-state index is 13.1. The fourth-order valence-electron chi connectivity index (χ4n) is 3.59. The topological polar surface area (TPSA) is 84.9 Å². The van der Waals surface area contributed by atoms with E-state index in [9.17, 15) is 13.2 Å². The normalized spacial score (nSPS) is 15.1. The van der Waals surface area contributed by atoms with E-state index in [0.29, 0.717) is 31.0 Å². The lowest BCUT2D eigenvalue weighted by atomic mass is 10.1. The number of methoxy groups -OCH3 is 2. The van der Waals surface area contributed by atoms with Crippen LogP contribution in [0.15, 0.2) is 47.4 Å². The van der Waals surface area contributed by atoms with Crippen LogP contribution in [0.3, 0.4) is 0 Å². The Balaban J connectivity index is 1.88. The van der Waals surface area contributed by atoms with E-state index < -0.39 is 16.1 Å². The molecule has 0 radical (unpaired) electrons. The molecule has 3 rings (SSSR count). The van der Waals surface area contributed by atoms with E-state index in [0.717, 1.165) is 18.4 Å². The number of ether oxygens (including phenoxy) is 2. The van der Waals surface area contributed by atoms with Crippen LogP contribution in [0, 0.1) is 0 Å². The van der Waals surface area contributed by atoms with Crippen molar-refractivity contribution in [2.24, 2.45) is 0 Å². The predicted molar refractivity (Wildman–Crippen MR) is 114 cm³/mol. The molecule has 1 unspecified atom stereocenters. The first kappa shape index (κ1) is 22.1. The summed E-state index contributed by atoms with van der Waals surface area (Å²) in [5.74, 6) is 0.869. The van der Waals surface area contributed by atoms with E-state index in [1.165, 1.54) is 25.3 Å². The van der Waals surface area contributed by atoms with Crippen LogP contribution in [0.1, 0.15) is 48.1 Å². The Morgan fingerprint density at radius 1 is 1.07 bits per heavy atom. The molecule has 30 heavy (non-hydrogen) atoms. The van der Waals surface area contributed by atoms with Crippen molar-refractivity contribution in [3.63, 3.8) is 0 Å². The van der Waals surface area contributed by atoms with Gasteiger partial charge in [-0.2, -0.15) is 0 Å². The summed E-state index contributed by atoms with van der Waals surface area (Å²) in [6.45, 7) is 3.26. The maximum Gasteiger partial charge on any atom is 0.257 e. The number of amides is 1. The number of sulfonamides is 1. The van der Waals surface area contributed by atoms with E-state index in [-0.39, 0.29) is 16.4 Å². The smallest absolute Gasteiger partial charge is 0.257 e. The Morgan fingerprint density at radius 3 is 2.30 bits per heavy atom. The van der Waals surface area contributed by atoms with Gasteiger partial charge >= 0.3 is 0 Å². The fraction of sp³-hybridized carbons (Fsp3) is 0.409. The monoisotopic (exact) mass is 432 g/mol. The molecule has 162 valence electrons. The summed E-state index contributed by atoms with van der Waals surface area (Å²) in [5.41, 5.74) is 1.10. The molecule has 1 amide bonds. The fourth-order valence-corrected chi connectivity index (χ4v) is 4.92. The molecule has 0 aromatic heterocycles. The molecule has 0 spiro atoms. The van der Waals surface area contributed by atoms with Gasteiger partial charge in [-0.25, -0.2) is 13.1 Å². The number of carbonyl (C=O) groups is 1. The van der Waals surface area contributed by atoms with E-state index in [4.69, 9.17) is 9.47 Å². The Bertz CT molecular complexity index is 983. The number of rotatable bonds is 8. The van der Waals surface area contributed by atoms with Crippen LogP contribution < -0.4 is 14.2 Å². The Labute approximate surface area is 178 Å². The molecule has 1 fully saturated rings. The first-order valence-electron chi connectivity index (χ1n) is 10.0. The molecule has 1 atom stereocenters. The summed E-state index contributed by atoms with van der Waals surface area (Å²) in [5, 5.41) is 0. The van der Waals surface area contributed by atoms with Crippen LogP contribution in [-0.2, 0) is 10.0 Å². The van der Waals surface area contributed by atoms with Crippen molar-refractivity contribution in [1.82, 2.24) is 9.62 Å². The molecular weight excluding hydrogens is 404 g/mol. The van der Waals surface area contributed by atoms with Crippen LogP contribution >= 0.6 is 0 Å². The summed E-state index contributed by atoms with van der Waals surface area (Å²) in [7, 11) is -0.793. The van der Waals surface area contributed by atoms with Crippen molar-refractivity contribution < 1.29 is 22.7 Å². The molecule has 0 saturated carbocycles. The van der Waals surface area contributed by atoms with Gasteiger partial charge in [0.25, 0.3) is 5.91 Å². The predicted octanol–water partition coefficient (Wildman–Crippen LogP) is 3.37. The van der Waals surface area contributed by atoms with Gasteiger partial charge in [0.2, 0.25) is 10.0 Å². The summed E-state index contributed by atoms with van der Waals surface area (Å²) >= 11 is 0. The summed E-state index contributed by atoms with van der Waals surface area (Å²) in [6, 6.07) is 11.3. The molecule has 1 N–H and O–H groups in total. The van der Waals surface area contributed by atoms with Crippen molar-refractivity contribution in [2.45, 2.75) is 37.1 Å². The second-order valence-corrected chi connectivity index (χ2v) is 8.93. The highest BCUT2D eigenvalue weighted by Crippen LogP contribution is 2.27. The van der Waals surface area contributed by atoms with Gasteiger partial charge in [0.1, 0.15) is 11.5 Å². The van der Waals surface area contributed by atoms with Crippen molar-refractivity contribution in [2.75, 3.05) is 27.3 Å². The SMILES string of the molecule is CCC(NS(=O)(=O)c1ccc(OC)c(C(=O)N2CCCC2)c1)c1ccc(OC)cc1. The lowest BCUT2D eigenvalue weighted by Crippen LogP contribution is -2.30. The average Bonchev–Trinajstić information content (AvgIpc) is 3.31. The molecule has 2 aromatic carbocycles. The van der Waals surface area contributed by atoms with E-state index in [1.54, 1.807) is 24.1 Å². The van der Waals surface area contributed by atoms with Crippen LogP contribution in [0.25, 0.3) is 0 Å². The minimum Gasteiger partial charge on any atom is -0.497 e. The van der Waals surface area contributed by atoms with Gasteiger partial charge in [-0.15, -0.1) is 0 Å². The minimum atomic E-state index is -3.85. The van der Waals surface area contributed by atoms with Crippen LogP contribution in [0.2, 0.25) is 0 Å². The van der Waals surface area contributed by atoms with Gasteiger partial charge < -0.3 is 14.4 Å². The molecule has 0 bridgehead atoms.